The first-order chi connectivity index (χ1) is 8.70. The van der Waals surface area contributed by atoms with Crippen LogP contribution in [0.3, 0.4) is 0 Å². The van der Waals surface area contributed by atoms with E-state index in [0.29, 0.717) is 0 Å². The Labute approximate surface area is 108 Å². The maximum absolute atomic E-state index is 10.9. The molecule has 4 nitrogen and oxygen atoms in total. The van der Waals surface area contributed by atoms with E-state index in [1.54, 1.807) is 4.57 Å². The fourth-order valence-corrected chi connectivity index (χ4v) is 2.49. The summed E-state index contributed by atoms with van der Waals surface area (Å²) in [5, 5.41) is 12.9. The Bertz CT molecular complexity index is 698. The van der Waals surface area contributed by atoms with Crippen molar-refractivity contribution >= 4 is 33.4 Å². The van der Waals surface area contributed by atoms with Crippen molar-refractivity contribution in [2.75, 3.05) is 0 Å². The normalized spacial score (nSPS) is 12.9. The van der Waals surface area contributed by atoms with E-state index in [1.807, 2.05) is 48.5 Å². The lowest BCUT2D eigenvalue weighted by Gasteiger charge is -2.06. The van der Waals surface area contributed by atoms with Gasteiger partial charge in [0.05, 0.1) is 16.0 Å². The van der Waals surface area contributed by atoms with Crippen LogP contribution in [0.2, 0.25) is 0 Å². The second-order valence-corrected chi connectivity index (χ2v) is 4.39. The van der Waals surface area contributed by atoms with Gasteiger partial charge in [-0.05, 0) is 23.7 Å². The molecule has 1 atom stereocenters. The zero-order chi connectivity index (χ0) is 12.7. The molecule has 5 heteroatoms. The molecule has 0 bridgehead atoms. The summed E-state index contributed by atoms with van der Waals surface area (Å²) in [6.07, 6.45) is 0. The molecule has 2 aromatic carbocycles. The van der Waals surface area contributed by atoms with Crippen molar-refractivity contribution in [2.45, 2.75) is 5.62 Å². The fourth-order valence-electron chi connectivity index (χ4n) is 2.28. The summed E-state index contributed by atoms with van der Waals surface area (Å²) in [6, 6.07) is 15.1. The van der Waals surface area contributed by atoms with Crippen LogP contribution < -0.4 is 0 Å². The number of hydrogen-bond acceptors (Lipinski definition) is 2. The first-order valence-electron chi connectivity index (χ1n) is 5.45. The van der Waals surface area contributed by atoms with Crippen LogP contribution in [0.4, 0.5) is 0 Å². The quantitative estimate of drug-likeness (QED) is 0.305. The van der Waals surface area contributed by atoms with Gasteiger partial charge >= 0.3 is 5.62 Å². The van der Waals surface area contributed by atoms with E-state index in [1.165, 1.54) is 0 Å². The summed E-state index contributed by atoms with van der Waals surface area (Å²) < 4.78 is 1.55. The molecule has 0 saturated carbocycles. The number of nitrogens with zero attached hydrogens (tertiary/aromatic N) is 2. The van der Waals surface area contributed by atoms with Gasteiger partial charge in [0, 0.05) is 10.8 Å². The summed E-state index contributed by atoms with van der Waals surface area (Å²) in [7, 11) is 0. The van der Waals surface area contributed by atoms with E-state index in [2.05, 4.69) is 0 Å². The van der Waals surface area contributed by atoms with E-state index < -0.39 is 10.5 Å². The largest absolute Gasteiger partial charge is 0.368 e. The molecular weight excluding hydrogens is 252 g/mol. The van der Waals surface area contributed by atoms with Crippen molar-refractivity contribution in [3.8, 4) is 0 Å². The highest BCUT2D eigenvalue weighted by atomic mass is 35.5. The highest BCUT2D eigenvalue weighted by Crippen LogP contribution is 2.32. The number of halogens is 1. The van der Waals surface area contributed by atoms with Crippen LogP contribution in [-0.2, 0) is 0 Å². The lowest BCUT2D eigenvalue weighted by atomic mass is 10.2. The van der Waals surface area contributed by atoms with Gasteiger partial charge in [0.1, 0.15) is 0 Å². The standard InChI is InChI=1S/C13H9ClN2O2/c14-13(16(17)18)15-11-7-3-1-5-9(11)10-6-2-4-8-12(10)15/h1-8,13H. The van der Waals surface area contributed by atoms with Crippen LogP contribution in [0, 0.1) is 10.1 Å². The Kier molecular flexibility index (Phi) is 2.45. The molecule has 3 rings (SSSR count). The number of hydrogen-bond donors (Lipinski definition) is 0. The Morgan fingerprint density at radius 2 is 1.44 bits per heavy atom. The van der Waals surface area contributed by atoms with Gasteiger partial charge in [0.15, 0.2) is 0 Å². The van der Waals surface area contributed by atoms with Gasteiger partial charge in [0.2, 0.25) is 0 Å². The molecule has 0 N–H and O–H groups in total. The Hall–Kier alpha value is -2.07. The SMILES string of the molecule is O=[N+]([O-])C(Cl)n1c2ccccc2c2ccccc21. The number of rotatable bonds is 2. The van der Waals surface area contributed by atoms with Crippen molar-refractivity contribution in [2.24, 2.45) is 0 Å². The summed E-state index contributed by atoms with van der Waals surface area (Å²) in [5.41, 5.74) is 0.251. The van der Waals surface area contributed by atoms with E-state index in [-0.39, 0.29) is 0 Å². The smallest absolute Gasteiger partial charge is 0.264 e. The van der Waals surface area contributed by atoms with Crippen LogP contribution in [0.5, 0.6) is 0 Å². The first kappa shape index (κ1) is 11.0. The lowest BCUT2D eigenvalue weighted by molar-refractivity contribution is -0.520. The fraction of sp³-hybridized carbons (Fsp3) is 0.0769. The van der Waals surface area contributed by atoms with Crippen LogP contribution in [0.1, 0.15) is 5.62 Å². The minimum atomic E-state index is -1.30. The number of alkyl halides is 1. The maximum atomic E-state index is 10.9. The second kappa shape index (κ2) is 3.99. The van der Waals surface area contributed by atoms with Crippen molar-refractivity contribution in [3.63, 3.8) is 0 Å². The molecule has 0 spiro atoms. The highest BCUT2D eigenvalue weighted by Gasteiger charge is 2.23. The summed E-state index contributed by atoms with van der Waals surface area (Å²) in [6.45, 7) is 0. The third-order valence-corrected chi connectivity index (χ3v) is 3.36. The minimum Gasteiger partial charge on any atom is -0.264 e. The number of nitro groups is 1. The zero-order valence-electron chi connectivity index (χ0n) is 9.29. The van der Waals surface area contributed by atoms with Gasteiger partial charge in [-0.3, -0.25) is 14.7 Å². The molecular formula is C13H9ClN2O2. The molecule has 0 aliphatic rings. The Morgan fingerprint density at radius 1 is 1.00 bits per heavy atom. The van der Waals surface area contributed by atoms with Gasteiger partial charge in [-0.15, -0.1) is 0 Å². The van der Waals surface area contributed by atoms with Crippen molar-refractivity contribution in [1.82, 2.24) is 4.57 Å². The van der Waals surface area contributed by atoms with E-state index >= 15 is 0 Å². The Balaban J connectivity index is 2.49. The van der Waals surface area contributed by atoms with Crippen LogP contribution in [0.15, 0.2) is 48.5 Å². The molecule has 1 unspecified atom stereocenters. The number of benzene rings is 2. The molecule has 0 saturated heterocycles. The number of para-hydroxylation sites is 2. The monoisotopic (exact) mass is 260 g/mol. The van der Waals surface area contributed by atoms with Crippen molar-refractivity contribution < 1.29 is 4.92 Å². The third-order valence-electron chi connectivity index (χ3n) is 3.00. The Morgan fingerprint density at radius 3 is 1.89 bits per heavy atom. The minimum absolute atomic E-state index is 0.500. The van der Waals surface area contributed by atoms with E-state index in [9.17, 15) is 10.1 Å². The zero-order valence-corrected chi connectivity index (χ0v) is 10.0. The summed E-state index contributed by atoms with van der Waals surface area (Å²) >= 11 is 5.90. The average Bonchev–Trinajstić information content (AvgIpc) is 2.72. The predicted molar refractivity (Wildman–Crippen MR) is 71.3 cm³/mol. The second-order valence-electron chi connectivity index (χ2n) is 4.00. The third kappa shape index (κ3) is 1.46. The van der Waals surface area contributed by atoms with E-state index in [4.69, 9.17) is 11.6 Å². The van der Waals surface area contributed by atoms with Gasteiger partial charge in [0.25, 0.3) is 0 Å². The maximum Gasteiger partial charge on any atom is 0.368 e. The molecule has 1 aromatic heterocycles. The van der Waals surface area contributed by atoms with Crippen LogP contribution in [0.25, 0.3) is 21.8 Å². The topological polar surface area (TPSA) is 48.1 Å². The summed E-state index contributed by atoms with van der Waals surface area (Å²) in [5.74, 6) is 0. The van der Waals surface area contributed by atoms with Gasteiger partial charge < -0.3 is 0 Å². The molecule has 0 radical (unpaired) electrons. The molecule has 0 amide bonds. The molecule has 90 valence electrons. The number of fused-ring (bicyclic) bond motifs is 3. The van der Waals surface area contributed by atoms with Crippen molar-refractivity contribution in [3.05, 3.63) is 58.6 Å². The van der Waals surface area contributed by atoms with E-state index in [0.717, 1.165) is 21.8 Å². The average molecular weight is 261 g/mol. The van der Waals surface area contributed by atoms with Crippen LogP contribution in [-0.4, -0.2) is 9.49 Å². The summed E-state index contributed by atoms with van der Waals surface area (Å²) in [4.78, 5) is 10.4. The van der Waals surface area contributed by atoms with Gasteiger partial charge in [-0.25, -0.2) is 0 Å². The number of aromatic nitrogens is 1. The molecule has 3 aromatic rings. The van der Waals surface area contributed by atoms with Gasteiger partial charge in [-0.1, -0.05) is 36.4 Å². The molecule has 0 fully saturated rings. The predicted octanol–water partition coefficient (Wildman–Crippen LogP) is 3.77. The highest BCUT2D eigenvalue weighted by molar-refractivity contribution is 6.20. The van der Waals surface area contributed by atoms with Gasteiger partial charge in [-0.2, -0.15) is 0 Å². The lowest BCUT2D eigenvalue weighted by Crippen LogP contribution is -2.11. The van der Waals surface area contributed by atoms with Crippen molar-refractivity contribution in [1.29, 1.82) is 0 Å². The van der Waals surface area contributed by atoms with Crippen LogP contribution >= 0.6 is 11.6 Å². The molecule has 1 heterocycles. The molecule has 0 aliphatic heterocycles. The molecule has 18 heavy (non-hydrogen) atoms. The first-order valence-corrected chi connectivity index (χ1v) is 5.89. The molecule has 0 aliphatic carbocycles.